The summed E-state index contributed by atoms with van der Waals surface area (Å²) < 4.78 is 25.2. The van der Waals surface area contributed by atoms with Gasteiger partial charge in [0.25, 0.3) is 0 Å². The van der Waals surface area contributed by atoms with Gasteiger partial charge in [-0.3, -0.25) is 0 Å². The Morgan fingerprint density at radius 1 is 0.875 bits per heavy atom. The summed E-state index contributed by atoms with van der Waals surface area (Å²) in [7, 11) is -3.23. The van der Waals surface area contributed by atoms with Crippen LogP contribution in [0.2, 0.25) is 0 Å². The van der Waals surface area contributed by atoms with Crippen LogP contribution in [0, 0.1) is 0 Å². The van der Waals surface area contributed by atoms with Gasteiger partial charge in [0.2, 0.25) is 5.95 Å². The summed E-state index contributed by atoms with van der Waals surface area (Å²) in [5.74, 6) is 0.510. The average molecular weight is 448 g/mol. The first-order chi connectivity index (χ1) is 15.5. The minimum absolute atomic E-state index is 0.294. The molecule has 3 heterocycles. The van der Waals surface area contributed by atoms with Crippen LogP contribution < -0.4 is 10.2 Å². The number of pyridine rings is 1. The fourth-order valence-electron chi connectivity index (χ4n) is 4.09. The van der Waals surface area contributed by atoms with Crippen molar-refractivity contribution in [3.63, 3.8) is 0 Å². The molecule has 8 heteroatoms. The highest BCUT2D eigenvalue weighted by atomic mass is 32.2. The van der Waals surface area contributed by atoms with Gasteiger partial charge in [0, 0.05) is 36.3 Å². The smallest absolute Gasteiger partial charge is 0.247 e. The van der Waals surface area contributed by atoms with Crippen molar-refractivity contribution in [3.05, 3.63) is 66.7 Å². The molecule has 0 radical (unpaired) electrons. The summed E-state index contributed by atoms with van der Waals surface area (Å²) in [6, 6.07) is 20.9. The quantitative estimate of drug-likeness (QED) is 0.484. The highest BCUT2D eigenvalue weighted by Gasteiger charge is 2.13. The van der Waals surface area contributed by atoms with Gasteiger partial charge in [-0.15, -0.1) is 5.10 Å². The second-order valence-corrected chi connectivity index (χ2v) is 10.1. The number of nitrogens with zero attached hydrogens (tertiary/aromatic N) is 4. The van der Waals surface area contributed by atoms with Gasteiger partial charge in [0.1, 0.15) is 0 Å². The molecule has 1 aliphatic rings. The Kier molecular flexibility index (Phi) is 5.30. The number of sulfone groups is 1. The van der Waals surface area contributed by atoms with Crippen LogP contribution in [-0.4, -0.2) is 42.4 Å². The van der Waals surface area contributed by atoms with E-state index in [9.17, 15) is 8.42 Å². The standard InChI is InChI=1S/C24H25N5O2S/c1-32(30,31)21-14-8-18(9-15-21)22-6-5-7-23-26-24(27-29(22)23)25-19-10-12-20(13-11-19)28-16-3-2-4-17-28/h5-15H,2-4,16-17H2,1H3,(H,25,27). The van der Waals surface area contributed by atoms with Crippen LogP contribution in [0.1, 0.15) is 19.3 Å². The number of fused-ring (bicyclic) bond motifs is 1. The van der Waals surface area contributed by atoms with E-state index in [1.807, 2.05) is 18.2 Å². The number of hydrogen-bond donors (Lipinski definition) is 1. The molecule has 0 aliphatic carbocycles. The minimum Gasteiger partial charge on any atom is -0.372 e. The van der Waals surface area contributed by atoms with Gasteiger partial charge < -0.3 is 10.2 Å². The van der Waals surface area contributed by atoms with Crippen LogP contribution in [0.15, 0.2) is 71.6 Å². The SMILES string of the molecule is CS(=O)(=O)c1ccc(-c2cccc3nc(Nc4ccc(N5CCCCC5)cc4)nn23)cc1. The fourth-order valence-corrected chi connectivity index (χ4v) is 4.72. The summed E-state index contributed by atoms with van der Waals surface area (Å²) >= 11 is 0. The number of aromatic nitrogens is 3. The molecule has 164 valence electrons. The van der Waals surface area contributed by atoms with Crippen molar-refractivity contribution in [1.29, 1.82) is 0 Å². The molecule has 1 N–H and O–H groups in total. The van der Waals surface area contributed by atoms with Crippen LogP contribution in [0.4, 0.5) is 17.3 Å². The first-order valence-corrected chi connectivity index (χ1v) is 12.6. The van der Waals surface area contributed by atoms with Crippen molar-refractivity contribution in [1.82, 2.24) is 14.6 Å². The molecule has 0 bridgehead atoms. The molecular formula is C24H25N5O2S. The van der Waals surface area contributed by atoms with Gasteiger partial charge in [0.05, 0.1) is 10.6 Å². The van der Waals surface area contributed by atoms with E-state index < -0.39 is 9.84 Å². The Labute approximate surface area is 187 Å². The molecule has 7 nitrogen and oxygen atoms in total. The third-order valence-electron chi connectivity index (χ3n) is 5.78. The number of hydrogen-bond acceptors (Lipinski definition) is 6. The Hall–Kier alpha value is -3.39. The van der Waals surface area contributed by atoms with Crippen molar-refractivity contribution in [2.45, 2.75) is 24.2 Å². The lowest BCUT2D eigenvalue weighted by Crippen LogP contribution is -2.29. The highest BCUT2D eigenvalue weighted by molar-refractivity contribution is 7.90. The lowest BCUT2D eigenvalue weighted by molar-refractivity contribution is 0.578. The number of piperidine rings is 1. The van der Waals surface area contributed by atoms with Crippen molar-refractivity contribution >= 4 is 32.8 Å². The minimum atomic E-state index is -3.23. The van der Waals surface area contributed by atoms with Crippen molar-refractivity contribution < 1.29 is 8.42 Å². The maximum absolute atomic E-state index is 11.7. The van der Waals surface area contributed by atoms with E-state index in [1.54, 1.807) is 28.8 Å². The molecule has 4 aromatic rings. The van der Waals surface area contributed by atoms with Crippen LogP contribution in [0.5, 0.6) is 0 Å². The van der Waals surface area contributed by atoms with Crippen LogP contribution >= 0.6 is 0 Å². The normalized spacial score (nSPS) is 14.6. The third kappa shape index (κ3) is 4.18. The molecule has 0 spiro atoms. The predicted octanol–water partition coefficient (Wildman–Crippen LogP) is 4.53. The van der Waals surface area contributed by atoms with Crippen molar-refractivity contribution in [2.24, 2.45) is 0 Å². The molecule has 0 atom stereocenters. The Morgan fingerprint density at radius 2 is 1.59 bits per heavy atom. The molecule has 0 unspecified atom stereocenters. The van der Waals surface area contributed by atoms with Gasteiger partial charge in [0.15, 0.2) is 15.5 Å². The average Bonchev–Trinajstić information content (AvgIpc) is 3.22. The molecule has 5 rings (SSSR count). The lowest BCUT2D eigenvalue weighted by atomic mass is 10.1. The van der Waals surface area contributed by atoms with E-state index in [1.165, 1.54) is 31.2 Å². The lowest BCUT2D eigenvalue weighted by Gasteiger charge is -2.28. The first-order valence-electron chi connectivity index (χ1n) is 10.8. The maximum Gasteiger partial charge on any atom is 0.247 e. The number of anilines is 3. The zero-order chi connectivity index (χ0) is 22.1. The highest BCUT2D eigenvalue weighted by Crippen LogP contribution is 2.25. The Morgan fingerprint density at radius 3 is 2.28 bits per heavy atom. The molecule has 0 amide bonds. The van der Waals surface area contributed by atoms with E-state index in [4.69, 9.17) is 0 Å². The Balaban J connectivity index is 1.39. The van der Waals surface area contributed by atoms with Crippen LogP contribution in [-0.2, 0) is 9.84 Å². The summed E-state index contributed by atoms with van der Waals surface area (Å²) in [5, 5.41) is 7.92. The molecule has 2 aromatic heterocycles. The van der Waals surface area contributed by atoms with Gasteiger partial charge in [-0.2, -0.15) is 4.98 Å². The van der Waals surface area contributed by atoms with E-state index in [0.29, 0.717) is 16.5 Å². The van der Waals surface area contributed by atoms with E-state index in [-0.39, 0.29) is 0 Å². The van der Waals surface area contributed by atoms with E-state index in [0.717, 1.165) is 30.0 Å². The summed E-state index contributed by atoms with van der Waals surface area (Å²) in [5.41, 5.74) is 4.59. The van der Waals surface area contributed by atoms with Crippen molar-refractivity contribution in [3.8, 4) is 11.3 Å². The topological polar surface area (TPSA) is 79.6 Å². The van der Waals surface area contributed by atoms with Gasteiger partial charge in [-0.25, -0.2) is 12.9 Å². The zero-order valence-electron chi connectivity index (χ0n) is 17.9. The van der Waals surface area contributed by atoms with Gasteiger partial charge in [-0.1, -0.05) is 18.2 Å². The van der Waals surface area contributed by atoms with Gasteiger partial charge in [-0.05, 0) is 67.8 Å². The molecular weight excluding hydrogens is 422 g/mol. The molecule has 2 aromatic carbocycles. The summed E-state index contributed by atoms with van der Waals surface area (Å²) in [4.78, 5) is 7.32. The summed E-state index contributed by atoms with van der Waals surface area (Å²) in [6.45, 7) is 2.24. The third-order valence-corrected chi connectivity index (χ3v) is 6.91. The summed E-state index contributed by atoms with van der Waals surface area (Å²) in [6.07, 6.45) is 5.03. The van der Waals surface area contributed by atoms with Crippen LogP contribution in [0.3, 0.4) is 0 Å². The zero-order valence-corrected chi connectivity index (χ0v) is 18.7. The Bertz CT molecular complexity index is 1340. The van der Waals surface area contributed by atoms with E-state index >= 15 is 0 Å². The van der Waals surface area contributed by atoms with Crippen molar-refractivity contribution in [2.75, 3.05) is 29.6 Å². The number of nitrogens with one attached hydrogen (secondary N) is 1. The second-order valence-electron chi connectivity index (χ2n) is 8.13. The monoisotopic (exact) mass is 447 g/mol. The molecule has 32 heavy (non-hydrogen) atoms. The maximum atomic E-state index is 11.7. The van der Waals surface area contributed by atoms with Gasteiger partial charge >= 0.3 is 0 Å². The largest absolute Gasteiger partial charge is 0.372 e. The van der Waals surface area contributed by atoms with Crippen LogP contribution in [0.25, 0.3) is 16.9 Å². The molecule has 1 aliphatic heterocycles. The number of rotatable bonds is 5. The second kappa shape index (κ2) is 8.27. The first kappa shape index (κ1) is 20.5. The van der Waals surface area contributed by atoms with E-state index in [2.05, 4.69) is 44.6 Å². The molecule has 1 fully saturated rings. The predicted molar refractivity (Wildman–Crippen MR) is 127 cm³/mol. The molecule has 1 saturated heterocycles. The number of benzene rings is 2. The fraction of sp³-hybridized carbons (Fsp3) is 0.250. The molecule has 0 saturated carbocycles.